The summed E-state index contributed by atoms with van der Waals surface area (Å²) in [6, 6.07) is 6.18. The maximum Gasteiger partial charge on any atom is 0.321 e. The Balaban J connectivity index is 2.37. The lowest BCUT2D eigenvalue weighted by Gasteiger charge is -2.20. The van der Waals surface area contributed by atoms with Gasteiger partial charge in [0.05, 0.1) is 17.7 Å². The monoisotopic (exact) mass is 339 g/mol. The van der Waals surface area contributed by atoms with Gasteiger partial charge in [-0.15, -0.1) is 5.10 Å². The van der Waals surface area contributed by atoms with Crippen LogP contribution in [0.25, 0.3) is 5.69 Å². The van der Waals surface area contributed by atoms with Gasteiger partial charge in [0.2, 0.25) is 10.0 Å². The van der Waals surface area contributed by atoms with Crippen molar-refractivity contribution in [2.45, 2.75) is 18.2 Å². The molecule has 0 N–H and O–H groups in total. The van der Waals surface area contributed by atoms with Gasteiger partial charge in [-0.1, -0.05) is 13.0 Å². The minimum Gasteiger partial charge on any atom is -0.468 e. The van der Waals surface area contributed by atoms with Gasteiger partial charge in [0.1, 0.15) is 12.9 Å². The summed E-state index contributed by atoms with van der Waals surface area (Å²) in [7, 11) is -2.61. The van der Waals surface area contributed by atoms with E-state index >= 15 is 0 Å². The van der Waals surface area contributed by atoms with Crippen LogP contribution in [0.15, 0.2) is 35.5 Å². The van der Waals surface area contributed by atoms with Crippen molar-refractivity contribution >= 4 is 16.0 Å². The molecule has 0 atom stereocenters. The highest BCUT2D eigenvalue weighted by Gasteiger charge is 2.26. The molecule has 0 aliphatic heterocycles. The van der Waals surface area contributed by atoms with E-state index in [1.165, 1.54) is 30.3 Å². The Morgan fingerprint density at radius 1 is 1.39 bits per heavy atom. The summed E-state index contributed by atoms with van der Waals surface area (Å²) in [6.07, 6.45) is 1.94. The number of carbonyl (C=O) groups excluding carboxylic acids is 1. The van der Waals surface area contributed by atoms with Gasteiger partial charge < -0.3 is 4.74 Å². The van der Waals surface area contributed by atoms with Gasteiger partial charge in [0, 0.05) is 6.54 Å². The largest absolute Gasteiger partial charge is 0.468 e. The molecule has 23 heavy (non-hydrogen) atoms. The van der Waals surface area contributed by atoms with Crippen molar-refractivity contribution in [1.29, 1.82) is 0 Å². The Bertz CT molecular complexity index is 760. The van der Waals surface area contributed by atoms with Crippen molar-refractivity contribution < 1.29 is 17.9 Å². The molecule has 2 rings (SSSR count). The van der Waals surface area contributed by atoms with E-state index in [1.54, 1.807) is 12.1 Å². The van der Waals surface area contributed by atoms with Gasteiger partial charge >= 0.3 is 5.97 Å². The predicted octanol–water partition coefficient (Wildman–Crippen LogP) is 0.236. The lowest BCUT2D eigenvalue weighted by atomic mass is 10.3. The van der Waals surface area contributed by atoms with Crippen LogP contribution in [-0.4, -0.2) is 59.1 Å². The summed E-state index contributed by atoms with van der Waals surface area (Å²) >= 11 is 0. The minimum atomic E-state index is -3.83. The molecule has 0 aliphatic carbocycles. The van der Waals surface area contributed by atoms with E-state index in [1.807, 2.05) is 6.92 Å². The molecule has 1 aromatic heterocycles. The maximum atomic E-state index is 12.8. The highest BCUT2D eigenvalue weighted by Crippen LogP contribution is 2.19. The molecular formula is C13H17N5O4S. The van der Waals surface area contributed by atoms with Gasteiger partial charge in [-0.2, -0.15) is 4.31 Å². The van der Waals surface area contributed by atoms with Crippen LogP contribution in [0.4, 0.5) is 0 Å². The Kier molecular flexibility index (Phi) is 5.40. The predicted molar refractivity (Wildman–Crippen MR) is 80.2 cm³/mol. The van der Waals surface area contributed by atoms with E-state index < -0.39 is 16.0 Å². The van der Waals surface area contributed by atoms with E-state index in [0.29, 0.717) is 12.1 Å². The first kappa shape index (κ1) is 17.0. The molecule has 0 saturated carbocycles. The Morgan fingerprint density at radius 2 is 2.17 bits per heavy atom. The average molecular weight is 339 g/mol. The second kappa shape index (κ2) is 7.29. The number of sulfonamides is 1. The molecule has 2 aromatic rings. The summed E-state index contributed by atoms with van der Waals surface area (Å²) < 4.78 is 32.5. The summed E-state index contributed by atoms with van der Waals surface area (Å²) in [5.41, 5.74) is 0.505. The summed E-state index contributed by atoms with van der Waals surface area (Å²) in [6.45, 7) is 1.71. The zero-order valence-corrected chi connectivity index (χ0v) is 13.6. The number of esters is 1. The smallest absolute Gasteiger partial charge is 0.321 e. The summed E-state index contributed by atoms with van der Waals surface area (Å²) in [4.78, 5) is 11.5. The SMILES string of the molecule is CCCN(CC(=O)OC)S(=O)(=O)c1cccc(-n2cnnn2)c1. The maximum absolute atomic E-state index is 12.8. The Labute approximate surface area is 133 Å². The van der Waals surface area contributed by atoms with Crippen molar-refractivity contribution in [2.24, 2.45) is 0 Å². The van der Waals surface area contributed by atoms with Gasteiger partial charge in [0.15, 0.2) is 0 Å². The lowest BCUT2D eigenvalue weighted by Crippen LogP contribution is -2.36. The normalized spacial score (nSPS) is 11.6. The van der Waals surface area contributed by atoms with Crippen molar-refractivity contribution in [1.82, 2.24) is 24.5 Å². The molecule has 0 spiro atoms. The molecule has 1 aromatic carbocycles. The molecule has 9 nitrogen and oxygen atoms in total. The van der Waals surface area contributed by atoms with E-state index in [2.05, 4.69) is 20.3 Å². The van der Waals surface area contributed by atoms with Crippen LogP contribution in [0.3, 0.4) is 0 Å². The van der Waals surface area contributed by atoms with Crippen molar-refractivity contribution in [3.05, 3.63) is 30.6 Å². The molecule has 0 unspecified atom stereocenters. The molecule has 124 valence electrons. The fourth-order valence-corrected chi connectivity index (χ4v) is 3.47. The van der Waals surface area contributed by atoms with Gasteiger partial charge in [-0.25, -0.2) is 13.1 Å². The lowest BCUT2D eigenvalue weighted by molar-refractivity contribution is -0.140. The first-order valence-electron chi connectivity index (χ1n) is 6.89. The van der Waals surface area contributed by atoms with E-state index in [0.717, 1.165) is 4.31 Å². The van der Waals surface area contributed by atoms with Crippen molar-refractivity contribution in [3.8, 4) is 5.69 Å². The summed E-state index contributed by atoms with van der Waals surface area (Å²) in [5, 5.41) is 10.8. The molecular weight excluding hydrogens is 322 g/mol. The number of aromatic nitrogens is 4. The van der Waals surface area contributed by atoms with Crippen molar-refractivity contribution in [2.75, 3.05) is 20.2 Å². The number of hydrogen-bond acceptors (Lipinski definition) is 7. The number of nitrogens with zero attached hydrogens (tertiary/aromatic N) is 5. The number of ether oxygens (including phenoxy) is 1. The number of tetrazole rings is 1. The minimum absolute atomic E-state index is 0.0582. The first-order chi connectivity index (χ1) is 11.0. The van der Waals surface area contributed by atoms with Crippen LogP contribution in [0, 0.1) is 0 Å². The highest BCUT2D eigenvalue weighted by atomic mass is 32.2. The van der Waals surface area contributed by atoms with Crippen LogP contribution in [-0.2, 0) is 19.6 Å². The fourth-order valence-electron chi connectivity index (χ4n) is 1.96. The first-order valence-corrected chi connectivity index (χ1v) is 8.33. The third-order valence-corrected chi connectivity index (χ3v) is 4.92. The highest BCUT2D eigenvalue weighted by molar-refractivity contribution is 7.89. The summed E-state index contributed by atoms with van der Waals surface area (Å²) in [5.74, 6) is -0.612. The number of carbonyl (C=O) groups is 1. The zero-order valence-electron chi connectivity index (χ0n) is 12.8. The topological polar surface area (TPSA) is 107 Å². The molecule has 1 heterocycles. The zero-order chi connectivity index (χ0) is 16.9. The Morgan fingerprint density at radius 3 is 2.78 bits per heavy atom. The number of benzene rings is 1. The number of hydrogen-bond donors (Lipinski definition) is 0. The molecule has 0 amide bonds. The molecule has 0 saturated heterocycles. The molecule has 0 fully saturated rings. The second-order valence-electron chi connectivity index (χ2n) is 4.67. The van der Waals surface area contributed by atoms with Crippen molar-refractivity contribution in [3.63, 3.8) is 0 Å². The number of rotatable bonds is 7. The molecule has 10 heteroatoms. The fraction of sp³-hybridized carbons (Fsp3) is 0.385. The third-order valence-electron chi connectivity index (χ3n) is 3.08. The Hall–Kier alpha value is -2.33. The van der Waals surface area contributed by atoms with Gasteiger partial charge in [-0.3, -0.25) is 4.79 Å². The van der Waals surface area contributed by atoms with E-state index in [9.17, 15) is 13.2 Å². The van der Waals surface area contributed by atoms with Crippen LogP contribution in [0.5, 0.6) is 0 Å². The quantitative estimate of drug-likeness (QED) is 0.665. The van der Waals surface area contributed by atoms with E-state index in [-0.39, 0.29) is 18.0 Å². The van der Waals surface area contributed by atoms with Gasteiger partial charge in [0.25, 0.3) is 0 Å². The van der Waals surface area contributed by atoms with Crippen LogP contribution in [0.2, 0.25) is 0 Å². The standard InChI is InChI=1S/C13H17N5O4S/c1-3-7-17(9-13(19)22-2)23(20,21)12-6-4-5-11(8-12)18-10-14-15-16-18/h4-6,8,10H,3,7,9H2,1-2H3. The van der Waals surface area contributed by atoms with E-state index in [4.69, 9.17) is 0 Å². The van der Waals surface area contributed by atoms with Gasteiger partial charge in [-0.05, 0) is 35.0 Å². The molecule has 0 aliphatic rings. The average Bonchev–Trinajstić information content (AvgIpc) is 3.09. The second-order valence-corrected chi connectivity index (χ2v) is 6.60. The van der Waals surface area contributed by atoms with Crippen LogP contribution >= 0.6 is 0 Å². The molecule has 0 bridgehead atoms. The number of methoxy groups -OCH3 is 1. The third kappa shape index (κ3) is 3.90. The van der Waals surface area contributed by atoms with Crippen LogP contribution < -0.4 is 0 Å². The molecule has 0 radical (unpaired) electrons. The van der Waals surface area contributed by atoms with Crippen LogP contribution in [0.1, 0.15) is 13.3 Å².